The van der Waals surface area contributed by atoms with Crippen molar-refractivity contribution in [3.05, 3.63) is 66.2 Å². The van der Waals surface area contributed by atoms with Crippen LogP contribution in [0.1, 0.15) is 12.0 Å². The Morgan fingerprint density at radius 2 is 1.46 bits per heavy atom. The van der Waals surface area contributed by atoms with Gasteiger partial charge < -0.3 is 10.0 Å². The summed E-state index contributed by atoms with van der Waals surface area (Å²) in [5.41, 5.74) is 2.67. The van der Waals surface area contributed by atoms with E-state index >= 15 is 0 Å². The van der Waals surface area contributed by atoms with Crippen molar-refractivity contribution in [2.45, 2.75) is 25.1 Å². The third-order valence-electron chi connectivity index (χ3n) is 5.78. The second-order valence-corrected chi connectivity index (χ2v) is 7.50. The summed E-state index contributed by atoms with van der Waals surface area (Å²) >= 11 is 0. The SMILES string of the molecule is OC1CCN(Cc2ccccc2)CC1N1CCN(c2ccccc2)CC1. The van der Waals surface area contributed by atoms with Crippen molar-refractivity contribution in [2.75, 3.05) is 44.2 Å². The third-order valence-corrected chi connectivity index (χ3v) is 5.78. The van der Waals surface area contributed by atoms with E-state index in [1.807, 2.05) is 0 Å². The number of anilines is 1. The van der Waals surface area contributed by atoms with Gasteiger partial charge in [0.05, 0.1) is 6.10 Å². The van der Waals surface area contributed by atoms with Gasteiger partial charge in [-0.2, -0.15) is 0 Å². The molecule has 0 bridgehead atoms. The van der Waals surface area contributed by atoms with E-state index in [0.29, 0.717) is 0 Å². The predicted molar refractivity (Wildman–Crippen MR) is 106 cm³/mol. The van der Waals surface area contributed by atoms with Crippen LogP contribution in [-0.2, 0) is 6.54 Å². The summed E-state index contributed by atoms with van der Waals surface area (Å²) in [4.78, 5) is 7.45. The number of piperazine rings is 1. The monoisotopic (exact) mass is 351 g/mol. The number of hydrogen-bond acceptors (Lipinski definition) is 4. The average molecular weight is 351 g/mol. The molecular weight excluding hydrogens is 322 g/mol. The molecule has 26 heavy (non-hydrogen) atoms. The molecule has 2 aliphatic heterocycles. The van der Waals surface area contributed by atoms with Crippen LogP contribution < -0.4 is 4.90 Å². The average Bonchev–Trinajstić information content (AvgIpc) is 2.71. The second-order valence-electron chi connectivity index (χ2n) is 7.50. The number of benzene rings is 2. The highest BCUT2D eigenvalue weighted by Gasteiger charge is 2.33. The lowest BCUT2D eigenvalue weighted by Gasteiger charge is -2.46. The van der Waals surface area contributed by atoms with Crippen molar-refractivity contribution in [3.8, 4) is 0 Å². The summed E-state index contributed by atoms with van der Waals surface area (Å²) in [6.07, 6.45) is 0.668. The molecule has 0 saturated carbocycles. The van der Waals surface area contributed by atoms with Gasteiger partial charge in [0.2, 0.25) is 0 Å². The molecule has 0 radical (unpaired) electrons. The zero-order valence-electron chi connectivity index (χ0n) is 15.4. The standard InChI is InChI=1S/C22H29N3O/c26-22-11-12-23(17-19-7-3-1-4-8-19)18-21(22)25-15-13-24(14-16-25)20-9-5-2-6-10-20/h1-10,21-22,26H,11-18H2. The number of para-hydroxylation sites is 1. The minimum atomic E-state index is -0.203. The van der Waals surface area contributed by atoms with Gasteiger partial charge in [0.25, 0.3) is 0 Å². The molecule has 2 heterocycles. The van der Waals surface area contributed by atoms with Crippen LogP contribution in [0.4, 0.5) is 5.69 Å². The van der Waals surface area contributed by atoms with Crippen molar-refractivity contribution in [2.24, 2.45) is 0 Å². The number of rotatable bonds is 4. The third kappa shape index (κ3) is 4.09. The summed E-state index contributed by atoms with van der Waals surface area (Å²) in [5, 5.41) is 10.6. The normalized spacial score (nSPS) is 25.3. The highest BCUT2D eigenvalue weighted by Crippen LogP contribution is 2.22. The Hall–Kier alpha value is -1.88. The van der Waals surface area contributed by atoms with Gasteiger partial charge in [0.1, 0.15) is 0 Å². The minimum Gasteiger partial charge on any atom is -0.391 e. The van der Waals surface area contributed by atoms with Crippen molar-refractivity contribution < 1.29 is 5.11 Å². The molecular formula is C22H29N3O. The van der Waals surface area contributed by atoms with E-state index in [1.165, 1.54) is 11.3 Å². The van der Waals surface area contributed by atoms with Gasteiger partial charge in [-0.25, -0.2) is 0 Å². The summed E-state index contributed by atoms with van der Waals surface area (Å²) < 4.78 is 0. The molecule has 1 N–H and O–H groups in total. The first-order valence-electron chi connectivity index (χ1n) is 9.78. The molecule has 2 aliphatic rings. The van der Waals surface area contributed by atoms with Gasteiger partial charge in [-0.3, -0.25) is 9.80 Å². The molecule has 2 saturated heterocycles. The van der Waals surface area contributed by atoms with Crippen LogP contribution in [0.5, 0.6) is 0 Å². The van der Waals surface area contributed by atoms with E-state index in [9.17, 15) is 5.11 Å². The highest BCUT2D eigenvalue weighted by molar-refractivity contribution is 5.46. The van der Waals surface area contributed by atoms with Crippen LogP contribution in [0.2, 0.25) is 0 Å². The lowest BCUT2D eigenvalue weighted by Crippen LogP contribution is -2.59. The first-order valence-corrected chi connectivity index (χ1v) is 9.78. The van der Waals surface area contributed by atoms with E-state index in [-0.39, 0.29) is 12.1 Å². The molecule has 4 nitrogen and oxygen atoms in total. The summed E-state index contributed by atoms with van der Waals surface area (Å²) in [6, 6.07) is 21.6. The van der Waals surface area contributed by atoms with Gasteiger partial charge in [-0.05, 0) is 24.1 Å². The highest BCUT2D eigenvalue weighted by atomic mass is 16.3. The summed E-state index contributed by atoms with van der Waals surface area (Å²) in [5.74, 6) is 0. The molecule has 0 amide bonds. The first-order chi connectivity index (χ1) is 12.8. The van der Waals surface area contributed by atoms with Gasteiger partial charge in [-0.15, -0.1) is 0 Å². The first kappa shape index (κ1) is 17.5. The Morgan fingerprint density at radius 1 is 0.808 bits per heavy atom. The van der Waals surface area contributed by atoms with Crippen molar-refractivity contribution in [1.29, 1.82) is 0 Å². The van der Waals surface area contributed by atoms with Crippen LogP contribution >= 0.6 is 0 Å². The Kier molecular flexibility index (Phi) is 5.54. The van der Waals surface area contributed by atoms with Crippen LogP contribution in [0.25, 0.3) is 0 Å². The number of aliphatic hydroxyl groups excluding tert-OH is 1. The Balaban J connectivity index is 1.34. The Morgan fingerprint density at radius 3 is 2.15 bits per heavy atom. The fourth-order valence-electron chi connectivity index (χ4n) is 4.28. The smallest absolute Gasteiger partial charge is 0.0720 e. The molecule has 2 unspecified atom stereocenters. The molecule has 2 atom stereocenters. The molecule has 0 aliphatic carbocycles. The zero-order chi connectivity index (χ0) is 17.8. The van der Waals surface area contributed by atoms with Crippen LogP contribution in [0, 0.1) is 0 Å². The lowest BCUT2D eigenvalue weighted by atomic mass is 9.99. The van der Waals surface area contributed by atoms with Crippen molar-refractivity contribution >= 4 is 5.69 Å². The molecule has 138 valence electrons. The maximum Gasteiger partial charge on any atom is 0.0720 e. The van der Waals surface area contributed by atoms with Gasteiger partial charge in [0.15, 0.2) is 0 Å². The maximum absolute atomic E-state index is 10.6. The van der Waals surface area contributed by atoms with E-state index in [2.05, 4.69) is 75.4 Å². The maximum atomic E-state index is 10.6. The zero-order valence-corrected chi connectivity index (χ0v) is 15.4. The lowest BCUT2D eigenvalue weighted by molar-refractivity contribution is -0.0158. The van der Waals surface area contributed by atoms with Gasteiger partial charge >= 0.3 is 0 Å². The molecule has 0 aromatic heterocycles. The topological polar surface area (TPSA) is 30.0 Å². The van der Waals surface area contributed by atoms with Gasteiger partial charge in [-0.1, -0.05) is 48.5 Å². The summed E-state index contributed by atoms with van der Waals surface area (Å²) in [6.45, 7) is 7.04. The fourth-order valence-corrected chi connectivity index (χ4v) is 4.28. The van der Waals surface area contributed by atoms with E-state index in [0.717, 1.165) is 52.2 Å². The van der Waals surface area contributed by atoms with E-state index in [4.69, 9.17) is 0 Å². The second kappa shape index (κ2) is 8.21. The number of piperidine rings is 1. The van der Waals surface area contributed by atoms with Crippen molar-refractivity contribution in [3.63, 3.8) is 0 Å². The largest absolute Gasteiger partial charge is 0.391 e. The number of nitrogens with zero attached hydrogens (tertiary/aromatic N) is 3. The quantitative estimate of drug-likeness (QED) is 0.916. The van der Waals surface area contributed by atoms with Crippen LogP contribution in [0.15, 0.2) is 60.7 Å². The Bertz CT molecular complexity index is 670. The molecule has 2 aromatic carbocycles. The Labute approximate surface area is 156 Å². The molecule has 2 fully saturated rings. The molecule has 4 heteroatoms. The molecule has 4 rings (SSSR count). The summed E-state index contributed by atoms with van der Waals surface area (Å²) in [7, 11) is 0. The number of hydrogen-bond donors (Lipinski definition) is 1. The van der Waals surface area contributed by atoms with Crippen molar-refractivity contribution in [1.82, 2.24) is 9.80 Å². The fraction of sp³-hybridized carbons (Fsp3) is 0.455. The van der Waals surface area contributed by atoms with Crippen LogP contribution in [0.3, 0.4) is 0 Å². The van der Waals surface area contributed by atoms with E-state index < -0.39 is 0 Å². The number of aliphatic hydroxyl groups is 1. The molecule has 0 spiro atoms. The van der Waals surface area contributed by atoms with Gasteiger partial charge in [0, 0.05) is 57.5 Å². The minimum absolute atomic E-state index is 0.203. The predicted octanol–water partition coefficient (Wildman–Crippen LogP) is 2.44. The molecule has 2 aromatic rings. The van der Waals surface area contributed by atoms with Crippen LogP contribution in [-0.4, -0.2) is 66.3 Å². The number of likely N-dealkylation sites (tertiary alicyclic amines) is 1. The van der Waals surface area contributed by atoms with E-state index in [1.54, 1.807) is 0 Å².